The third kappa shape index (κ3) is 4.47. The van der Waals surface area contributed by atoms with Gasteiger partial charge in [0.2, 0.25) is 0 Å². The lowest BCUT2D eigenvalue weighted by atomic mass is 9.86. The Balaban J connectivity index is 1.67. The first-order valence-corrected chi connectivity index (χ1v) is 9.32. The quantitative estimate of drug-likeness (QED) is 0.665. The summed E-state index contributed by atoms with van der Waals surface area (Å²) in [5.74, 6) is 1.55. The Labute approximate surface area is 134 Å². The number of hydrogen-bond acceptors (Lipinski definition) is 1. The number of nitrogens with zero attached hydrogens (tertiary/aromatic N) is 1. The van der Waals surface area contributed by atoms with Gasteiger partial charge in [0.15, 0.2) is 0 Å². The van der Waals surface area contributed by atoms with Crippen LogP contribution in [0.15, 0.2) is 24.3 Å². The van der Waals surface area contributed by atoms with Crippen LogP contribution in [0.2, 0.25) is 0 Å². The zero-order valence-corrected chi connectivity index (χ0v) is 13.8. The molecule has 0 spiro atoms. The van der Waals surface area contributed by atoms with Crippen LogP contribution in [-0.4, -0.2) is 13.1 Å². The number of rotatable bonds is 5. The zero-order valence-electron chi connectivity index (χ0n) is 13.8. The number of halogens is 1. The van der Waals surface area contributed by atoms with E-state index in [1.165, 1.54) is 83.0 Å². The first kappa shape index (κ1) is 15.8. The van der Waals surface area contributed by atoms with Crippen molar-refractivity contribution in [2.24, 2.45) is 11.8 Å². The first-order chi connectivity index (χ1) is 10.8. The monoisotopic (exact) mass is 303 g/mol. The van der Waals surface area contributed by atoms with Gasteiger partial charge in [0.25, 0.3) is 0 Å². The molecule has 0 unspecified atom stereocenters. The summed E-state index contributed by atoms with van der Waals surface area (Å²) < 4.78 is 13.2. The van der Waals surface area contributed by atoms with Gasteiger partial charge >= 0.3 is 0 Å². The van der Waals surface area contributed by atoms with Crippen molar-refractivity contribution in [1.29, 1.82) is 0 Å². The van der Waals surface area contributed by atoms with Crippen LogP contribution in [0.4, 0.5) is 10.1 Å². The fourth-order valence-corrected chi connectivity index (χ4v) is 4.30. The van der Waals surface area contributed by atoms with Crippen molar-refractivity contribution >= 4 is 5.69 Å². The Bertz CT molecular complexity index is 410. The molecule has 0 heterocycles. The lowest BCUT2D eigenvalue weighted by Gasteiger charge is -2.35. The van der Waals surface area contributed by atoms with E-state index in [4.69, 9.17) is 0 Å². The predicted molar refractivity (Wildman–Crippen MR) is 91.8 cm³/mol. The fourth-order valence-electron chi connectivity index (χ4n) is 4.30. The highest BCUT2D eigenvalue weighted by Gasteiger charge is 2.21. The maximum atomic E-state index is 13.2. The summed E-state index contributed by atoms with van der Waals surface area (Å²) >= 11 is 0. The molecule has 1 aromatic carbocycles. The Morgan fingerprint density at radius 2 is 1.18 bits per heavy atom. The number of hydrogen-bond donors (Lipinski definition) is 0. The van der Waals surface area contributed by atoms with Crippen LogP contribution >= 0.6 is 0 Å². The maximum absolute atomic E-state index is 13.2. The van der Waals surface area contributed by atoms with Gasteiger partial charge in [-0.15, -0.1) is 0 Å². The highest BCUT2D eigenvalue weighted by molar-refractivity contribution is 5.46. The first-order valence-electron chi connectivity index (χ1n) is 9.32. The van der Waals surface area contributed by atoms with Gasteiger partial charge in [0.05, 0.1) is 0 Å². The molecule has 0 atom stereocenters. The molecule has 2 aliphatic rings. The van der Waals surface area contributed by atoms with Crippen LogP contribution in [0, 0.1) is 17.7 Å². The molecule has 2 aliphatic carbocycles. The molecule has 1 aromatic rings. The summed E-state index contributed by atoms with van der Waals surface area (Å²) in [6.45, 7) is 2.34. The topological polar surface area (TPSA) is 3.24 Å². The smallest absolute Gasteiger partial charge is 0.123 e. The highest BCUT2D eigenvalue weighted by atomic mass is 19.1. The average molecular weight is 303 g/mol. The average Bonchev–Trinajstić information content (AvgIpc) is 2.57. The number of anilines is 1. The minimum atomic E-state index is -0.126. The van der Waals surface area contributed by atoms with E-state index in [0.717, 1.165) is 11.8 Å². The Morgan fingerprint density at radius 1 is 0.727 bits per heavy atom. The SMILES string of the molecule is Fc1ccc(N(CC2CCCCC2)CC2CCCCC2)cc1. The molecule has 0 radical (unpaired) electrons. The van der Waals surface area contributed by atoms with E-state index in [-0.39, 0.29) is 5.82 Å². The van der Waals surface area contributed by atoms with Crippen molar-refractivity contribution in [1.82, 2.24) is 0 Å². The summed E-state index contributed by atoms with van der Waals surface area (Å²) in [6.07, 6.45) is 13.9. The molecule has 0 bridgehead atoms. The summed E-state index contributed by atoms with van der Waals surface area (Å²) in [7, 11) is 0. The highest BCUT2D eigenvalue weighted by Crippen LogP contribution is 2.30. The molecule has 2 heteroatoms. The Kier molecular flexibility index (Phi) is 5.75. The molecule has 0 aliphatic heterocycles. The lowest BCUT2D eigenvalue weighted by molar-refractivity contribution is 0.327. The van der Waals surface area contributed by atoms with Crippen molar-refractivity contribution in [3.05, 3.63) is 30.1 Å². The Morgan fingerprint density at radius 3 is 1.64 bits per heavy atom. The zero-order chi connectivity index (χ0) is 15.2. The van der Waals surface area contributed by atoms with Gasteiger partial charge < -0.3 is 4.90 Å². The molecule has 122 valence electrons. The predicted octanol–water partition coefficient (Wildman–Crippen LogP) is 5.79. The summed E-state index contributed by atoms with van der Waals surface area (Å²) in [6, 6.07) is 7.18. The molecule has 0 amide bonds. The molecule has 1 nitrogen and oxygen atoms in total. The van der Waals surface area contributed by atoms with E-state index in [1.54, 1.807) is 12.1 Å². The molecule has 0 saturated heterocycles. The minimum absolute atomic E-state index is 0.126. The molecule has 22 heavy (non-hydrogen) atoms. The van der Waals surface area contributed by atoms with Gasteiger partial charge in [-0.1, -0.05) is 38.5 Å². The van der Waals surface area contributed by atoms with Crippen LogP contribution in [0.25, 0.3) is 0 Å². The molecule has 0 N–H and O–H groups in total. The van der Waals surface area contributed by atoms with Crippen molar-refractivity contribution < 1.29 is 4.39 Å². The van der Waals surface area contributed by atoms with Crippen LogP contribution in [0.1, 0.15) is 64.2 Å². The largest absolute Gasteiger partial charge is 0.371 e. The normalized spacial score (nSPS) is 21.0. The van der Waals surface area contributed by atoms with E-state index in [0.29, 0.717) is 0 Å². The maximum Gasteiger partial charge on any atom is 0.123 e. The van der Waals surface area contributed by atoms with Gasteiger partial charge in [-0.3, -0.25) is 0 Å². The standard InChI is InChI=1S/C20H30FN/c21-19-11-13-20(14-12-19)22(15-17-7-3-1-4-8-17)16-18-9-5-2-6-10-18/h11-14,17-18H,1-10,15-16H2. The fraction of sp³-hybridized carbons (Fsp3) is 0.700. The van der Waals surface area contributed by atoms with Crippen molar-refractivity contribution in [2.75, 3.05) is 18.0 Å². The van der Waals surface area contributed by atoms with Crippen molar-refractivity contribution in [3.63, 3.8) is 0 Å². The second-order valence-corrected chi connectivity index (χ2v) is 7.39. The van der Waals surface area contributed by atoms with Crippen molar-refractivity contribution in [3.8, 4) is 0 Å². The third-order valence-electron chi connectivity index (χ3n) is 5.60. The summed E-state index contributed by atoms with van der Waals surface area (Å²) in [4.78, 5) is 2.56. The second-order valence-electron chi connectivity index (χ2n) is 7.39. The van der Waals surface area contributed by atoms with Gasteiger partial charge in [0, 0.05) is 18.8 Å². The van der Waals surface area contributed by atoms with E-state index in [2.05, 4.69) is 4.90 Å². The molecular weight excluding hydrogens is 273 g/mol. The molecule has 2 fully saturated rings. The van der Waals surface area contributed by atoms with E-state index < -0.39 is 0 Å². The Hall–Kier alpha value is -1.05. The van der Waals surface area contributed by atoms with E-state index in [1.807, 2.05) is 12.1 Å². The van der Waals surface area contributed by atoms with Gasteiger partial charge in [-0.25, -0.2) is 4.39 Å². The minimum Gasteiger partial charge on any atom is -0.371 e. The van der Waals surface area contributed by atoms with Crippen LogP contribution < -0.4 is 4.90 Å². The van der Waals surface area contributed by atoms with Crippen LogP contribution in [0.3, 0.4) is 0 Å². The lowest BCUT2D eigenvalue weighted by Crippen LogP contribution is -2.35. The van der Waals surface area contributed by atoms with E-state index in [9.17, 15) is 4.39 Å². The van der Waals surface area contributed by atoms with E-state index >= 15 is 0 Å². The second kappa shape index (κ2) is 7.99. The van der Waals surface area contributed by atoms with Crippen LogP contribution in [0.5, 0.6) is 0 Å². The molecule has 3 rings (SSSR count). The van der Waals surface area contributed by atoms with Crippen LogP contribution in [-0.2, 0) is 0 Å². The third-order valence-corrected chi connectivity index (χ3v) is 5.60. The van der Waals surface area contributed by atoms with Gasteiger partial charge in [-0.2, -0.15) is 0 Å². The van der Waals surface area contributed by atoms with Gasteiger partial charge in [0.1, 0.15) is 5.82 Å². The molecule has 0 aromatic heterocycles. The summed E-state index contributed by atoms with van der Waals surface area (Å²) in [5, 5.41) is 0. The van der Waals surface area contributed by atoms with Crippen molar-refractivity contribution in [2.45, 2.75) is 64.2 Å². The summed E-state index contributed by atoms with van der Waals surface area (Å²) in [5.41, 5.74) is 1.22. The molecule has 2 saturated carbocycles. The number of benzene rings is 1. The van der Waals surface area contributed by atoms with Gasteiger partial charge in [-0.05, 0) is 61.8 Å². The molecular formula is C20H30FN.